The summed E-state index contributed by atoms with van der Waals surface area (Å²) in [6.45, 7) is 1.97. The molecule has 1 N–H and O–H groups in total. The summed E-state index contributed by atoms with van der Waals surface area (Å²) in [5.41, 5.74) is 3.35. The minimum Gasteiger partial charge on any atom is -0.436 e. The second-order valence-corrected chi connectivity index (χ2v) is 7.83. The van der Waals surface area contributed by atoms with Gasteiger partial charge in [-0.1, -0.05) is 52.5 Å². The molecule has 2 aromatic carbocycles. The predicted octanol–water partition coefficient (Wildman–Crippen LogP) is 5.77. The van der Waals surface area contributed by atoms with Crippen LogP contribution in [0.25, 0.3) is 22.6 Å². The van der Waals surface area contributed by atoms with Crippen molar-refractivity contribution in [1.29, 1.82) is 0 Å². The summed E-state index contributed by atoms with van der Waals surface area (Å²) >= 11 is 22.9. The monoisotopic (exact) mass is 402 g/mol. The van der Waals surface area contributed by atoms with Crippen LogP contribution in [0.4, 0.5) is 5.69 Å². The number of rotatable bonds is 2. The first-order valence-corrected chi connectivity index (χ1v) is 8.30. The maximum atomic E-state index is 11.8. The van der Waals surface area contributed by atoms with Crippen LogP contribution in [0.15, 0.2) is 40.8 Å². The van der Waals surface area contributed by atoms with Crippen LogP contribution in [0.5, 0.6) is 0 Å². The zero-order chi connectivity index (χ0) is 17.5. The zero-order valence-corrected chi connectivity index (χ0v) is 15.3. The number of aryl methyl sites for hydroxylation is 1. The molecule has 4 nitrogen and oxygen atoms in total. The number of benzene rings is 2. The van der Waals surface area contributed by atoms with Crippen LogP contribution < -0.4 is 5.32 Å². The fraction of sp³-hybridized carbons (Fsp3) is 0.125. The molecule has 0 radical (unpaired) electrons. The summed E-state index contributed by atoms with van der Waals surface area (Å²) in [7, 11) is 0. The molecule has 3 aromatic rings. The van der Waals surface area contributed by atoms with Gasteiger partial charge in [0.1, 0.15) is 5.52 Å². The van der Waals surface area contributed by atoms with Crippen molar-refractivity contribution in [3.63, 3.8) is 0 Å². The number of halogens is 4. The number of oxazole rings is 1. The Morgan fingerprint density at radius 2 is 1.92 bits per heavy atom. The van der Waals surface area contributed by atoms with Gasteiger partial charge in [0, 0.05) is 5.69 Å². The maximum absolute atomic E-state index is 11.8. The zero-order valence-electron chi connectivity index (χ0n) is 12.2. The highest BCUT2D eigenvalue weighted by Gasteiger charge is 2.30. The smallest absolute Gasteiger partial charge is 0.276 e. The minimum absolute atomic E-state index is 0.339. The third kappa shape index (κ3) is 3.62. The van der Waals surface area contributed by atoms with Crippen LogP contribution in [-0.2, 0) is 4.79 Å². The van der Waals surface area contributed by atoms with Crippen LogP contribution in [0, 0.1) is 6.92 Å². The van der Waals surface area contributed by atoms with Gasteiger partial charge in [-0.25, -0.2) is 4.98 Å². The SMILES string of the molecule is Cc1ccc2oc(-c3cc(NC(=O)C(Cl)(Cl)Cl)ccc3Cl)nc2c1. The number of carbonyl (C=O) groups excluding carboxylic acids is 1. The number of nitrogens with one attached hydrogen (secondary N) is 1. The molecule has 1 amide bonds. The lowest BCUT2D eigenvalue weighted by Crippen LogP contribution is -2.26. The molecule has 0 unspecified atom stereocenters. The molecular weight excluding hydrogens is 394 g/mol. The molecule has 24 heavy (non-hydrogen) atoms. The second-order valence-electron chi connectivity index (χ2n) is 5.14. The topological polar surface area (TPSA) is 55.1 Å². The molecule has 0 fully saturated rings. The molecule has 3 rings (SSSR count). The molecule has 0 spiro atoms. The van der Waals surface area contributed by atoms with E-state index in [4.69, 9.17) is 50.8 Å². The van der Waals surface area contributed by atoms with E-state index in [0.29, 0.717) is 27.7 Å². The number of carbonyl (C=O) groups is 1. The first kappa shape index (κ1) is 17.4. The fourth-order valence-corrected chi connectivity index (χ4v) is 2.46. The largest absolute Gasteiger partial charge is 0.436 e. The van der Waals surface area contributed by atoms with Gasteiger partial charge in [-0.3, -0.25) is 4.79 Å². The molecule has 0 aliphatic carbocycles. The number of anilines is 1. The highest BCUT2D eigenvalue weighted by Crippen LogP contribution is 2.33. The number of hydrogen-bond donors (Lipinski definition) is 1. The number of nitrogens with zero attached hydrogens (tertiary/aromatic N) is 1. The molecule has 1 aromatic heterocycles. The van der Waals surface area contributed by atoms with Crippen molar-refractivity contribution in [3.05, 3.63) is 47.0 Å². The fourth-order valence-electron chi connectivity index (χ4n) is 2.12. The molecule has 0 saturated carbocycles. The summed E-state index contributed by atoms with van der Waals surface area (Å²) in [5.74, 6) is -0.431. The average Bonchev–Trinajstić information content (AvgIpc) is 2.90. The van der Waals surface area contributed by atoms with E-state index in [1.54, 1.807) is 18.2 Å². The van der Waals surface area contributed by atoms with Crippen LogP contribution in [0.3, 0.4) is 0 Å². The van der Waals surface area contributed by atoms with E-state index < -0.39 is 9.70 Å². The van der Waals surface area contributed by atoms with Crippen molar-refractivity contribution in [2.45, 2.75) is 10.7 Å². The first-order valence-electron chi connectivity index (χ1n) is 6.79. The molecule has 1 heterocycles. The number of aromatic nitrogens is 1. The van der Waals surface area contributed by atoms with Crippen LogP contribution >= 0.6 is 46.4 Å². The van der Waals surface area contributed by atoms with Crippen LogP contribution in [-0.4, -0.2) is 14.7 Å². The average molecular weight is 404 g/mol. The van der Waals surface area contributed by atoms with E-state index in [-0.39, 0.29) is 0 Å². The predicted molar refractivity (Wildman–Crippen MR) is 98.1 cm³/mol. The van der Waals surface area contributed by atoms with E-state index >= 15 is 0 Å². The minimum atomic E-state index is -2.06. The van der Waals surface area contributed by atoms with E-state index in [1.165, 1.54) is 0 Å². The van der Waals surface area contributed by atoms with E-state index in [2.05, 4.69) is 10.3 Å². The van der Waals surface area contributed by atoms with Gasteiger partial charge in [0.05, 0.1) is 10.6 Å². The molecule has 124 valence electrons. The molecule has 0 aliphatic rings. The maximum Gasteiger partial charge on any atom is 0.276 e. The van der Waals surface area contributed by atoms with Gasteiger partial charge in [-0.15, -0.1) is 0 Å². The molecule has 0 saturated heterocycles. The summed E-state index contributed by atoms with van der Waals surface area (Å²) in [6.07, 6.45) is 0. The van der Waals surface area contributed by atoms with Gasteiger partial charge in [-0.05, 0) is 42.8 Å². The lowest BCUT2D eigenvalue weighted by Gasteiger charge is -2.12. The Labute approximate surface area is 157 Å². The van der Waals surface area contributed by atoms with Gasteiger partial charge in [0.2, 0.25) is 5.89 Å². The highest BCUT2D eigenvalue weighted by atomic mass is 35.6. The molecular formula is C16H10Cl4N2O2. The number of alkyl halides is 3. The van der Waals surface area contributed by atoms with E-state index in [1.807, 2.05) is 25.1 Å². The van der Waals surface area contributed by atoms with Crippen molar-refractivity contribution >= 4 is 69.1 Å². The van der Waals surface area contributed by atoms with Crippen molar-refractivity contribution < 1.29 is 9.21 Å². The normalized spacial score (nSPS) is 11.7. The Morgan fingerprint density at radius 3 is 2.62 bits per heavy atom. The quantitative estimate of drug-likeness (QED) is 0.553. The third-order valence-electron chi connectivity index (χ3n) is 3.26. The molecule has 0 aliphatic heterocycles. The highest BCUT2D eigenvalue weighted by molar-refractivity contribution is 6.76. The van der Waals surface area contributed by atoms with Crippen LogP contribution in [0.1, 0.15) is 5.56 Å². The summed E-state index contributed by atoms with van der Waals surface area (Å²) in [5, 5.41) is 2.92. The number of fused-ring (bicyclic) bond motifs is 1. The van der Waals surface area contributed by atoms with Crippen molar-refractivity contribution in [2.24, 2.45) is 0 Å². The Bertz CT molecular complexity index is 931. The number of hydrogen-bond acceptors (Lipinski definition) is 3. The standard InChI is InChI=1S/C16H10Cl4N2O2/c1-8-2-5-13-12(6-8)22-14(24-13)10-7-9(3-4-11(10)17)21-15(23)16(18,19)20/h2-7H,1H3,(H,21,23). The lowest BCUT2D eigenvalue weighted by molar-refractivity contribution is -0.115. The summed E-state index contributed by atoms with van der Waals surface area (Å²) in [4.78, 5) is 16.2. The lowest BCUT2D eigenvalue weighted by atomic mass is 10.2. The van der Waals surface area contributed by atoms with Gasteiger partial charge >= 0.3 is 0 Å². The van der Waals surface area contributed by atoms with Gasteiger partial charge in [0.25, 0.3) is 9.70 Å². The van der Waals surface area contributed by atoms with Crippen molar-refractivity contribution in [1.82, 2.24) is 4.98 Å². The summed E-state index contributed by atoms with van der Waals surface area (Å²) in [6, 6.07) is 10.5. The molecule has 0 atom stereocenters. The van der Waals surface area contributed by atoms with Gasteiger partial charge < -0.3 is 9.73 Å². The van der Waals surface area contributed by atoms with Crippen LogP contribution in [0.2, 0.25) is 5.02 Å². The number of amides is 1. The second kappa shape index (κ2) is 6.45. The van der Waals surface area contributed by atoms with Gasteiger partial charge in [0.15, 0.2) is 5.58 Å². The first-order chi connectivity index (χ1) is 11.2. The van der Waals surface area contributed by atoms with Gasteiger partial charge in [-0.2, -0.15) is 0 Å². The molecule has 0 bridgehead atoms. The molecule has 8 heteroatoms. The summed E-state index contributed by atoms with van der Waals surface area (Å²) < 4.78 is 3.67. The van der Waals surface area contributed by atoms with Crippen molar-refractivity contribution in [2.75, 3.05) is 5.32 Å². The Morgan fingerprint density at radius 1 is 1.17 bits per heavy atom. The Kier molecular flexibility index (Phi) is 4.67. The van der Waals surface area contributed by atoms with E-state index in [0.717, 1.165) is 11.1 Å². The van der Waals surface area contributed by atoms with Crippen molar-refractivity contribution in [3.8, 4) is 11.5 Å². The Balaban J connectivity index is 2.00. The van der Waals surface area contributed by atoms with E-state index in [9.17, 15) is 4.79 Å². The third-order valence-corrected chi connectivity index (χ3v) is 4.10. The Hall–Kier alpha value is -1.46.